The van der Waals surface area contributed by atoms with Crippen molar-refractivity contribution in [3.05, 3.63) is 24.3 Å². The molecule has 1 aliphatic carbocycles. The molecule has 2 heteroatoms. The Hall–Kier alpha value is -0.420. The minimum Gasteiger partial charge on any atom is -0.305 e. The van der Waals surface area contributed by atoms with Crippen LogP contribution in [-0.4, -0.2) is 11.4 Å². The first kappa shape index (κ1) is 7.68. The molecule has 54 valence electrons. The number of allylic oxidation sites excluding steroid dienone is 3. The number of hydrogen-bond acceptors (Lipinski definition) is 1. The molecular weight excluding hydrogens is 141 g/mol. The van der Waals surface area contributed by atoms with E-state index >= 15 is 0 Å². The van der Waals surface area contributed by atoms with Gasteiger partial charge in [0.05, 0.1) is 0 Å². The second kappa shape index (κ2) is 3.12. The summed E-state index contributed by atoms with van der Waals surface area (Å²) in [7, 11) is 2.75. The summed E-state index contributed by atoms with van der Waals surface area (Å²) in [6.07, 6.45) is 5.62. The molecule has 10 heavy (non-hydrogen) atoms. The van der Waals surface area contributed by atoms with Gasteiger partial charge in [0.15, 0.2) is 0 Å². The Kier molecular flexibility index (Phi) is 2.39. The second-order valence-electron chi connectivity index (χ2n) is 2.57. The van der Waals surface area contributed by atoms with Crippen molar-refractivity contribution in [2.45, 2.75) is 18.5 Å². The predicted octanol–water partition coefficient (Wildman–Crippen LogP) is 2.16. The summed E-state index contributed by atoms with van der Waals surface area (Å²) in [5, 5.41) is 7.51. The summed E-state index contributed by atoms with van der Waals surface area (Å²) in [5.41, 5.74) is 2.51. The van der Waals surface area contributed by atoms with Crippen LogP contribution in [0.1, 0.15) is 12.8 Å². The lowest BCUT2D eigenvalue weighted by Crippen LogP contribution is -1.89. The van der Waals surface area contributed by atoms with E-state index in [0.717, 1.165) is 24.1 Å². The first-order valence-electron chi connectivity index (χ1n) is 3.39. The van der Waals surface area contributed by atoms with E-state index in [2.05, 4.69) is 15.8 Å². The van der Waals surface area contributed by atoms with Crippen molar-refractivity contribution in [3.63, 3.8) is 0 Å². The van der Waals surface area contributed by atoms with Gasteiger partial charge in [0.1, 0.15) is 0 Å². The minimum atomic E-state index is 0.582. The monoisotopic (exact) mass is 153 g/mol. The van der Waals surface area contributed by atoms with Crippen LogP contribution in [0, 0.1) is 5.41 Å². The molecule has 0 aromatic carbocycles. The Balaban J connectivity index is 2.72. The van der Waals surface area contributed by atoms with Crippen LogP contribution < -0.4 is 0 Å². The Morgan fingerprint density at radius 1 is 1.60 bits per heavy atom. The minimum absolute atomic E-state index is 0.582. The Bertz CT molecular complexity index is 193. The first-order valence-corrected chi connectivity index (χ1v) is 4.05. The van der Waals surface area contributed by atoms with Gasteiger partial charge in [-0.25, -0.2) is 0 Å². The lowest BCUT2D eigenvalue weighted by molar-refractivity contribution is 0.971. The largest absolute Gasteiger partial charge is 0.305 e. The third-order valence-corrected chi connectivity index (χ3v) is 2.13. The molecule has 0 aliphatic heterocycles. The molecule has 0 aromatic rings. The van der Waals surface area contributed by atoms with Crippen LogP contribution in [0.5, 0.6) is 0 Å². The Morgan fingerprint density at radius 2 is 2.30 bits per heavy atom. The summed E-state index contributed by atoms with van der Waals surface area (Å²) in [6, 6.07) is 0. The molecule has 0 saturated heterocycles. The Morgan fingerprint density at radius 3 is 2.70 bits per heavy atom. The van der Waals surface area contributed by atoms with Crippen molar-refractivity contribution in [3.8, 4) is 0 Å². The van der Waals surface area contributed by atoms with Gasteiger partial charge in [-0.05, 0) is 24.1 Å². The van der Waals surface area contributed by atoms with E-state index in [0.29, 0.717) is 5.66 Å². The maximum absolute atomic E-state index is 7.51. The topological polar surface area (TPSA) is 23.9 Å². The van der Waals surface area contributed by atoms with Crippen molar-refractivity contribution in [2.24, 2.45) is 0 Å². The summed E-state index contributed by atoms with van der Waals surface area (Å²) >= 11 is 0. The van der Waals surface area contributed by atoms with Crippen LogP contribution in [0.3, 0.4) is 0 Å². The maximum Gasteiger partial charge on any atom is 0.0352 e. The fraction of sp³-hybridized carbons (Fsp3) is 0.375. The standard InChI is InChI=1S/C8H12NP/c1-2-3-6-4-7(10)5-8(6)9/h2-3,7,9H,1,4-5,10H2/b6-3-,9-8?. The average molecular weight is 153 g/mol. The highest BCUT2D eigenvalue weighted by atomic mass is 31.0. The van der Waals surface area contributed by atoms with Crippen molar-refractivity contribution < 1.29 is 0 Å². The zero-order chi connectivity index (χ0) is 7.56. The zero-order valence-electron chi connectivity index (χ0n) is 5.93. The molecule has 1 saturated carbocycles. The van der Waals surface area contributed by atoms with Crippen molar-refractivity contribution in [2.75, 3.05) is 0 Å². The Labute approximate surface area is 63.9 Å². The lowest BCUT2D eigenvalue weighted by atomic mass is 10.2. The maximum atomic E-state index is 7.51. The van der Waals surface area contributed by atoms with E-state index in [4.69, 9.17) is 5.41 Å². The highest BCUT2D eigenvalue weighted by Gasteiger charge is 2.19. The van der Waals surface area contributed by atoms with Crippen LogP contribution in [-0.2, 0) is 0 Å². The summed E-state index contributed by atoms with van der Waals surface area (Å²) < 4.78 is 0. The molecule has 0 radical (unpaired) electrons. The molecule has 1 aliphatic rings. The first-order chi connectivity index (χ1) is 4.74. The lowest BCUT2D eigenvalue weighted by Gasteiger charge is -1.92. The van der Waals surface area contributed by atoms with E-state index in [9.17, 15) is 0 Å². The van der Waals surface area contributed by atoms with Gasteiger partial charge in [-0.1, -0.05) is 18.7 Å². The molecule has 0 spiro atoms. The van der Waals surface area contributed by atoms with Crippen LogP contribution in [0.15, 0.2) is 24.3 Å². The quantitative estimate of drug-likeness (QED) is 0.558. The molecule has 0 bridgehead atoms. The van der Waals surface area contributed by atoms with Crippen LogP contribution in [0.25, 0.3) is 0 Å². The second-order valence-corrected chi connectivity index (χ2v) is 3.52. The van der Waals surface area contributed by atoms with Crippen molar-refractivity contribution in [1.82, 2.24) is 0 Å². The summed E-state index contributed by atoms with van der Waals surface area (Å²) in [4.78, 5) is 0. The SMILES string of the molecule is C=C/C=C1/CC(P)CC1=N. The van der Waals surface area contributed by atoms with Gasteiger partial charge in [-0.2, -0.15) is 0 Å². The van der Waals surface area contributed by atoms with Crippen LogP contribution in [0.4, 0.5) is 0 Å². The number of rotatable bonds is 1. The van der Waals surface area contributed by atoms with E-state index < -0.39 is 0 Å². The fourth-order valence-electron chi connectivity index (χ4n) is 1.18. The van der Waals surface area contributed by atoms with Gasteiger partial charge in [-0.3, -0.25) is 0 Å². The normalized spacial score (nSPS) is 29.5. The molecule has 1 fully saturated rings. The molecule has 1 nitrogen and oxygen atoms in total. The average Bonchev–Trinajstić information content (AvgIpc) is 2.13. The number of hydrogen-bond donors (Lipinski definition) is 1. The van der Waals surface area contributed by atoms with Crippen LogP contribution >= 0.6 is 9.24 Å². The molecule has 0 amide bonds. The molecule has 2 unspecified atom stereocenters. The van der Waals surface area contributed by atoms with Gasteiger partial charge in [0, 0.05) is 5.71 Å². The summed E-state index contributed by atoms with van der Waals surface area (Å²) in [5.74, 6) is 0. The van der Waals surface area contributed by atoms with Gasteiger partial charge >= 0.3 is 0 Å². The molecular formula is C8H12NP. The van der Waals surface area contributed by atoms with Gasteiger partial charge in [-0.15, -0.1) is 9.24 Å². The van der Waals surface area contributed by atoms with E-state index in [1.807, 2.05) is 6.08 Å². The molecule has 2 atom stereocenters. The van der Waals surface area contributed by atoms with Gasteiger partial charge in [0.2, 0.25) is 0 Å². The fourth-order valence-corrected chi connectivity index (χ4v) is 1.67. The highest BCUT2D eigenvalue weighted by molar-refractivity contribution is 7.17. The third kappa shape index (κ3) is 1.54. The highest BCUT2D eigenvalue weighted by Crippen LogP contribution is 2.27. The van der Waals surface area contributed by atoms with Gasteiger partial charge in [0.25, 0.3) is 0 Å². The van der Waals surface area contributed by atoms with E-state index in [1.165, 1.54) is 0 Å². The molecule has 1 N–H and O–H groups in total. The van der Waals surface area contributed by atoms with E-state index in [1.54, 1.807) is 6.08 Å². The van der Waals surface area contributed by atoms with Gasteiger partial charge < -0.3 is 5.41 Å². The van der Waals surface area contributed by atoms with Crippen molar-refractivity contribution >= 4 is 15.0 Å². The third-order valence-electron chi connectivity index (χ3n) is 1.66. The molecule has 1 rings (SSSR count). The van der Waals surface area contributed by atoms with Crippen molar-refractivity contribution in [1.29, 1.82) is 5.41 Å². The predicted molar refractivity (Wildman–Crippen MR) is 48.7 cm³/mol. The summed E-state index contributed by atoms with van der Waals surface area (Å²) in [6.45, 7) is 3.60. The smallest absolute Gasteiger partial charge is 0.0352 e. The van der Waals surface area contributed by atoms with Crippen LogP contribution in [0.2, 0.25) is 0 Å². The molecule has 0 heterocycles. The molecule has 0 aromatic heterocycles. The number of nitrogens with one attached hydrogen (secondary N) is 1. The zero-order valence-corrected chi connectivity index (χ0v) is 7.09. The van der Waals surface area contributed by atoms with E-state index in [-0.39, 0.29) is 0 Å².